The van der Waals surface area contributed by atoms with Crippen LogP contribution in [0.4, 0.5) is 4.79 Å². The van der Waals surface area contributed by atoms with Gasteiger partial charge in [-0.05, 0) is 37.0 Å². The van der Waals surface area contributed by atoms with Gasteiger partial charge in [0.05, 0.1) is 6.61 Å². The smallest absolute Gasteiger partial charge is 0.434 e. The predicted molar refractivity (Wildman–Crippen MR) is 95.0 cm³/mol. The Morgan fingerprint density at radius 2 is 1.43 bits per heavy atom. The quantitative estimate of drug-likeness (QED) is 0.258. The Hall–Kier alpha value is -1.51. The molecule has 0 unspecified atom stereocenters. The summed E-state index contributed by atoms with van der Waals surface area (Å²) in [4.78, 5) is 11.6. The van der Waals surface area contributed by atoms with E-state index in [1.807, 2.05) is 24.3 Å². The number of ether oxygens (including phenoxy) is 2. The second kappa shape index (κ2) is 13.0. The van der Waals surface area contributed by atoms with Gasteiger partial charge in [0.15, 0.2) is 0 Å². The van der Waals surface area contributed by atoms with Crippen LogP contribution in [0, 0.1) is 0 Å². The third-order valence-electron chi connectivity index (χ3n) is 3.91. The summed E-state index contributed by atoms with van der Waals surface area (Å²) in [6.45, 7) is 4.83. The van der Waals surface area contributed by atoms with Crippen molar-refractivity contribution in [3.8, 4) is 5.75 Å². The standard InChI is InChI=1S/C20H32O3/c1-3-5-7-9-10-12-18-13-15-19(16-14-18)23-20(21)22-17-11-8-6-4-2/h13-16H,3-12,17H2,1-2H3. The first kappa shape index (κ1) is 19.5. The largest absolute Gasteiger partial charge is 0.513 e. The van der Waals surface area contributed by atoms with Crippen molar-refractivity contribution in [3.63, 3.8) is 0 Å². The van der Waals surface area contributed by atoms with Gasteiger partial charge in [0, 0.05) is 0 Å². The lowest BCUT2D eigenvalue weighted by Crippen LogP contribution is -2.11. The molecule has 0 aliphatic carbocycles. The Morgan fingerprint density at radius 1 is 0.826 bits per heavy atom. The monoisotopic (exact) mass is 320 g/mol. The summed E-state index contributed by atoms with van der Waals surface area (Å²) in [6, 6.07) is 7.76. The van der Waals surface area contributed by atoms with E-state index in [2.05, 4.69) is 13.8 Å². The van der Waals surface area contributed by atoms with E-state index in [4.69, 9.17) is 9.47 Å². The maximum Gasteiger partial charge on any atom is 0.513 e. The molecule has 0 N–H and O–H groups in total. The number of benzene rings is 1. The first-order valence-corrected chi connectivity index (χ1v) is 9.19. The molecule has 1 aromatic rings. The fourth-order valence-corrected chi connectivity index (χ4v) is 2.47. The minimum absolute atomic E-state index is 0.439. The molecule has 0 aliphatic rings. The Bertz CT molecular complexity index is 411. The highest BCUT2D eigenvalue weighted by Gasteiger charge is 2.05. The van der Waals surface area contributed by atoms with E-state index in [9.17, 15) is 4.79 Å². The lowest BCUT2D eigenvalue weighted by Gasteiger charge is -2.07. The zero-order chi connectivity index (χ0) is 16.8. The molecular formula is C20H32O3. The van der Waals surface area contributed by atoms with Gasteiger partial charge in [0.25, 0.3) is 0 Å². The zero-order valence-corrected chi connectivity index (χ0v) is 14.8. The van der Waals surface area contributed by atoms with E-state index >= 15 is 0 Å². The molecule has 0 saturated heterocycles. The Kier molecular flexibility index (Phi) is 11.0. The fraction of sp³-hybridized carbons (Fsp3) is 0.650. The maximum atomic E-state index is 11.6. The summed E-state index contributed by atoms with van der Waals surface area (Å²) in [6.07, 6.45) is 11.3. The van der Waals surface area contributed by atoms with Gasteiger partial charge in [-0.2, -0.15) is 0 Å². The van der Waals surface area contributed by atoms with Crippen LogP contribution in [0.2, 0.25) is 0 Å². The molecule has 3 heteroatoms. The van der Waals surface area contributed by atoms with Crippen LogP contribution in [-0.2, 0) is 11.2 Å². The fourth-order valence-electron chi connectivity index (χ4n) is 2.47. The van der Waals surface area contributed by atoms with E-state index in [0.29, 0.717) is 12.4 Å². The molecule has 0 radical (unpaired) electrons. The molecule has 0 heterocycles. The van der Waals surface area contributed by atoms with Crippen LogP contribution < -0.4 is 4.74 Å². The molecule has 0 amide bonds. The predicted octanol–water partition coefficient (Wildman–Crippen LogP) is 6.30. The highest BCUT2D eigenvalue weighted by atomic mass is 16.7. The van der Waals surface area contributed by atoms with E-state index in [0.717, 1.165) is 19.3 Å². The average molecular weight is 320 g/mol. The van der Waals surface area contributed by atoms with Crippen LogP contribution in [0.25, 0.3) is 0 Å². The summed E-state index contributed by atoms with van der Waals surface area (Å²) in [5.41, 5.74) is 1.29. The van der Waals surface area contributed by atoms with Gasteiger partial charge in [-0.15, -0.1) is 0 Å². The molecule has 0 saturated carbocycles. The highest BCUT2D eigenvalue weighted by molar-refractivity contribution is 5.63. The molecule has 1 rings (SSSR count). The number of unbranched alkanes of at least 4 members (excludes halogenated alkanes) is 7. The highest BCUT2D eigenvalue weighted by Crippen LogP contribution is 2.15. The van der Waals surface area contributed by atoms with Crippen molar-refractivity contribution in [2.75, 3.05) is 6.61 Å². The molecular weight excluding hydrogens is 288 g/mol. The second-order valence-electron chi connectivity index (χ2n) is 6.07. The molecule has 3 nitrogen and oxygen atoms in total. The lowest BCUT2D eigenvalue weighted by molar-refractivity contribution is 0.0973. The van der Waals surface area contributed by atoms with Gasteiger partial charge in [-0.25, -0.2) is 4.79 Å². The maximum absolute atomic E-state index is 11.6. The molecule has 0 fully saturated rings. The van der Waals surface area contributed by atoms with Gasteiger partial charge in [-0.1, -0.05) is 70.9 Å². The molecule has 1 aromatic carbocycles. The van der Waals surface area contributed by atoms with Crippen molar-refractivity contribution >= 4 is 6.16 Å². The number of carbonyl (C=O) groups excluding carboxylic acids is 1. The number of carbonyl (C=O) groups is 1. The first-order chi connectivity index (χ1) is 11.3. The molecule has 23 heavy (non-hydrogen) atoms. The van der Waals surface area contributed by atoms with Crippen molar-refractivity contribution in [3.05, 3.63) is 29.8 Å². The lowest BCUT2D eigenvalue weighted by atomic mass is 10.1. The molecule has 0 bridgehead atoms. The second-order valence-corrected chi connectivity index (χ2v) is 6.07. The van der Waals surface area contributed by atoms with Gasteiger partial charge in [-0.3, -0.25) is 0 Å². The van der Waals surface area contributed by atoms with Crippen molar-refractivity contribution in [1.82, 2.24) is 0 Å². The Balaban J connectivity index is 2.18. The van der Waals surface area contributed by atoms with E-state index in [-0.39, 0.29) is 0 Å². The zero-order valence-electron chi connectivity index (χ0n) is 14.8. The normalized spacial score (nSPS) is 10.5. The number of hydrogen-bond acceptors (Lipinski definition) is 3. The topological polar surface area (TPSA) is 35.5 Å². The van der Waals surface area contributed by atoms with Crippen LogP contribution in [0.15, 0.2) is 24.3 Å². The minimum Gasteiger partial charge on any atom is -0.434 e. The average Bonchev–Trinajstić information content (AvgIpc) is 2.56. The molecule has 0 aromatic heterocycles. The number of aryl methyl sites for hydroxylation is 1. The van der Waals surface area contributed by atoms with Crippen molar-refractivity contribution in [2.45, 2.75) is 78.1 Å². The number of rotatable bonds is 12. The molecule has 0 spiro atoms. The van der Waals surface area contributed by atoms with E-state index < -0.39 is 6.16 Å². The van der Waals surface area contributed by atoms with Gasteiger partial charge < -0.3 is 9.47 Å². The molecule has 130 valence electrons. The van der Waals surface area contributed by atoms with E-state index in [1.165, 1.54) is 50.5 Å². The van der Waals surface area contributed by atoms with Crippen LogP contribution in [0.1, 0.15) is 77.2 Å². The van der Waals surface area contributed by atoms with Crippen molar-refractivity contribution in [1.29, 1.82) is 0 Å². The van der Waals surface area contributed by atoms with Gasteiger partial charge >= 0.3 is 6.16 Å². The minimum atomic E-state index is -0.603. The summed E-state index contributed by atoms with van der Waals surface area (Å²) in [7, 11) is 0. The van der Waals surface area contributed by atoms with E-state index in [1.54, 1.807) is 0 Å². The molecule has 0 aliphatic heterocycles. The summed E-state index contributed by atoms with van der Waals surface area (Å²) >= 11 is 0. The van der Waals surface area contributed by atoms with Crippen molar-refractivity contribution < 1.29 is 14.3 Å². The summed E-state index contributed by atoms with van der Waals surface area (Å²) < 4.78 is 10.2. The third-order valence-corrected chi connectivity index (χ3v) is 3.91. The van der Waals surface area contributed by atoms with Crippen molar-refractivity contribution in [2.24, 2.45) is 0 Å². The number of hydrogen-bond donors (Lipinski definition) is 0. The SMILES string of the molecule is CCCCCCCc1ccc(OC(=O)OCCCCCC)cc1. The van der Waals surface area contributed by atoms with Crippen LogP contribution in [0.3, 0.4) is 0 Å². The Labute approximate surface area is 141 Å². The first-order valence-electron chi connectivity index (χ1n) is 9.19. The van der Waals surface area contributed by atoms with Crippen LogP contribution >= 0.6 is 0 Å². The molecule has 0 atom stereocenters. The van der Waals surface area contributed by atoms with Gasteiger partial charge in [0.1, 0.15) is 5.75 Å². The van der Waals surface area contributed by atoms with Crippen LogP contribution in [-0.4, -0.2) is 12.8 Å². The Morgan fingerprint density at radius 3 is 2.09 bits per heavy atom. The van der Waals surface area contributed by atoms with Gasteiger partial charge in [0.2, 0.25) is 0 Å². The summed E-state index contributed by atoms with van der Waals surface area (Å²) in [5, 5.41) is 0. The third kappa shape index (κ3) is 9.98. The summed E-state index contributed by atoms with van der Waals surface area (Å²) in [5.74, 6) is 0.554. The van der Waals surface area contributed by atoms with Crippen LogP contribution in [0.5, 0.6) is 5.75 Å².